The maximum absolute atomic E-state index is 5.85. The lowest BCUT2D eigenvalue weighted by Crippen LogP contribution is -2.19. The Hall–Kier alpha value is -1.51. The van der Waals surface area contributed by atoms with E-state index in [2.05, 4.69) is 48.2 Å². The average molecular weight is 303 g/mol. The van der Waals surface area contributed by atoms with Gasteiger partial charge in [-0.15, -0.1) is 12.4 Å². The molecule has 2 N–H and O–H groups in total. The third kappa shape index (κ3) is 3.78. The smallest absolute Gasteiger partial charge is 0.0317 e. The summed E-state index contributed by atoms with van der Waals surface area (Å²) in [6.07, 6.45) is 1.26. The molecule has 1 aliphatic heterocycles. The fraction of sp³-hybridized carbons (Fsp3) is 0.333. The lowest BCUT2D eigenvalue weighted by molar-refractivity contribution is 0.327. The van der Waals surface area contributed by atoms with Crippen molar-refractivity contribution in [3.8, 4) is 0 Å². The van der Waals surface area contributed by atoms with E-state index in [0.29, 0.717) is 5.92 Å². The van der Waals surface area contributed by atoms with Gasteiger partial charge >= 0.3 is 0 Å². The van der Waals surface area contributed by atoms with Gasteiger partial charge in [-0.25, -0.2) is 0 Å². The van der Waals surface area contributed by atoms with Crippen molar-refractivity contribution in [1.29, 1.82) is 0 Å². The number of hydrogen-bond acceptors (Lipinski definition) is 2. The molecule has 2 aromatic rings. The summed E-state index contributed by atoms with van der Waals surface area (Å²) in [5.74, 6) is 0.678. The molecule has 0 amide bonds. The Morgan fingerprint density at radius 2 is 1.95 bits per heavy atom. The highest BCUT2D eigenvalue weighted by Gasteiger charge is 2.24. The monoisotopic (exact) mass is 302 g/mol. The van der Waals surface area contributed by atoms with Crippen LogP contribution < -0.4 is 5.73 Å². The van der Waals surface area contributed by atoms with E-state index in [1.54, 1.807) is 0 Å². The van der Waals surface area contributed by atoms with E-state index in [-0.39, 0.29) is 12.4 Å². The number of nitrogen functional groups attached to an aromatic ring is 1. The van der Waals surface area contributed by atoms with E-state index in [1.807, 2.05) is 12.1 Å². The van der Waals surface area contributed by atoms with Crippen LogP contribution in [0.5, 0.6) is 0 Å². The Bertz CT molecular complexity index is 597. The molecule has 0 spiro atoms. The zero-order chi connectivity index (χ0) is 13.9. The van der Waals surface area contributed by atoms with E-state index in [1.165, 1.54) is 29.7 Å². The summed E-state index contributed by atoms with van der Waals surface area (Å²) in [7, 11) is 0. The highest BCUT2D eigenvalue weighted by atomic mass is 35.5. The van der Waals surface area contributed by atoms with E-state index >= 15 is 0 Å². The Labute approximate surface area is 133 Å². The van der Waals surface area contributed by atoms with E-state index in [9.17, 15) is 0 Å². The second kappa shape index (κ2) is 6.97. The topological polar surface area (TPSA) is 29.3 Å². The molecule has 1 aliphatic rings. The van der Waals surface area contributed by atoms with Crippen LogP contribution in [0.25, 0.3) is 0 Å². The minimum atomic E-state index is 0. The molecule has 2 nitrogen and oxygen atoms in total. The summed E-state index contributed by atoms with van der Waals surface area (Å²) in [5.41, 5.74) is 11.0. The molecule has 1 fully saturated rings. The molecule has 21 heavy (non-hydrogen) atoms. The van der Waals surface area contributed by atoms with Gasteiger partial charge in [-0.2, -0.15) is 0 Å². The molecule has 1 heterocycles. The van der Waals surface area contributed by atoms with Crippen LogP contribution in [0.15, 0.2) is 48.5 Å². The first-order chi connectivity index (χ1) is 9.72. The van der Waals surface area contributed by atoms with E-state index < -0.39 is 0 Å². The Morgan fingerprint density at radius 3 is 2.71 bits per heavy atom. The van der Waals surface area contributed by atoms with Crippen LogP contribution in [-0.2, 0) is 6.54 Å². The van der Waals surface area contributed by atoms with E-state index in [0.717, 1.165) is 18.8 Å². The minimum Gasteiger partial charge on any atom is -0.399 e. The quantitative estimate of drug-likeness (QED) is 0.869. The molecular weight excluding hydrogens is 280 g/mol. The van der Waals surface area contributed by atoms with Crippen molar-refractivity contribution in [2.75, 3.05) is 18.8 Å². The number of nitrogens with zero attached hydrogens (tertiary/aromatic N) is 1. The third-order valence-corrected chi connectivity index (χ3v) is 4.26. The average Bonchev–Trinajstić information content (AvgIpc) is 2.87. The fourth-order valence-corrected chi connectivity index (χ4v) is 3.22. The molecule has 3 heteroatoms. The molecule has 0 radical (unpaired) electrons. The molecule has 0 bridgehead atoms. The summed E-state index contributed by atoms with van der Waals surface area (Å²) in [4.78, 5) is 2.53. The van der Waals surface area contributed by atoms with Gasteiger partial charge in [-0.05, 0) is 54.6 Å². The first-order valence-corrected chi connectivity index (χ1v) is 7.34. The van der Waals surface area contributed by atoms with Crippen molar-refractivity contribution >= 4 is 18.1 Å². The van der Waals surface area contributed by atoms with Gasteiger partial charge in [0.25, 0.3) is 0 Å². The number of hydrogen-bond donors (Lipinski definition) is 1. The summed E-state index contributed by atoms with van der Waals surface area (Å²) < 4.78 is 0. The van der Waals surface area contributed by atoms with Gasteiger partial charge in [-0.1, -0.05) is 36.4 Å². The summed E-state index contributed by atoms with van der Waals surface area (Å²) in [6, 6.07) is 17.0. The summed E-state index contributed by atoms with van der Waals surface area (Å²) in [6.45, 7) is 5.55. The predicted octanol–water partition coefficient (Wildman–Crippen LogP) is 3.99. The van der Waals surface area contributed by atoms with Crippen molar-refractivity contribution < 1.29 is 0 Å². The number of benzene rings is 2. The second-order valence-electron chi connectivity index (χ2n) is 5.82. The number of likely N-dealkylation sites (tertiary alicyclic amines) is 1. The van der Waals surface area contributed by atoms with Crippen LogP contribution >= 0.6 is 12.4 Å². The number of nitrogens with two attached hydrogens (primary N) is 1. The number of rotatable bonds is 3. The SMILES string of the molecule is Cc1ccccc1C1CCN(Cc2cccc(N)c2)C1.Cl. The van der Waals surface area contributed by atoms with Crippen LogP contribution in [0, 0.1) is 6.92 Å². The molecular formula is C18H23ClN2. The predicted molar refractivity (Wildman–Crippen MR) is 91.9 cm³/mol. The van der Waals surface area contributed by atoms with Crippen LogP contribution in [0.4, 0.5) is 5.69 Å². The van der Waals surface area contributed by atoms with E-state index in [4.69, 9.17) is 5.73 Å². The van der Waals surface area contributed by atoms with Gasteiger partial charge in [0.1, 0.15) is 0 Å². The van der Waals surface area contributed by atoms with Gasteiger partial charge in [0.15, 0.2) is 0 Å². The summed E-state index contributed by atoms with van der Waals surface area (Å²) >= 11 is 0. The second-order valence-corrected chi connectivity index (χ2v) is 5.82. The largest absolute Gasteiger partial charge is 0.399 e. The molecule has 3 rings (SSSR count). The molecule has 112 valence electrons. The number of aryl methyl sites for hydroxylation is 1. The first kappa shape index (κ1) is 15.9. The van der Waals surface area contributed by atoms with Gasteiger partial charge in [0.05, 0.1) is 0 Å². The lowest BCUT2D eigenvalue weighted by Gasteiger charge is -2.17. The van der Waals surface area contributed by atoms with Crippen molar-refractivity contribution in [1.82, 2.24) is 4.90 Å². The van der Waals surface area contributed by atoms with Crippen LogP contribution in [-0.4, -0.2) is 18.0 Å². The molecule has 0 saturated carbocycles. The highest BCUT2D eigenvalue weighted by molar-refractivity contribution is 5.85. The maximum Gasteiger partial charge on any atom is 0.0317 e. The standard InChI is InChI=1S/C18H22N2.ClH/c1-14-5-2-3-8-18(14)16-9-10-20(13-16)12-15-6-4-7-17(19)11-15;/h2-8,11,16H,9-10,12-13,19H2,1H3;1H. The van der Waals surface area contributed by atoms with Gasteiger partial charge in [0.2, 0.25) is 0 Å². The van der Waals surface area contributed by atoms with Crippen molar-refractivity contribution in [2.24, 2.45) is 0 Å². The van der Waals surface area contributed by atoms with Crippen molar-refractivity contribution in [3.05, 3.63) is 65.2 Å². The molecule has 2 aromatic carbocycles. The number of halogens is 1. The maximum atomic E-state index is 5.85. The normalized spacial score (nSPS) is 18.4. The Balaban J connectivity index is 0.00000161. The third-order valence-electron chi connectivity index (χ3n) is 4.26. The highest BCUT2D eigenvalue weighted by Crippen LogP contribution is 2.30. The van der Waals surface area contributed by atoms with Crippen molar-refractivity contribution in [2.45, 2.75) is 25.8 Å². The number of anilines is 1. The fourth-order valence-electron chi connectivity index (χ4n) is 3.22. The van der Waals surface area contributed by atoms with Gasteiger partial charge < -0.3 is 5.73 Å². The molecule has 1 unspecified atom stereocenters. The zero-order valence-corrected chi connectivity index (χ0v) is 13.3. The lowest BCUT2D eigenvalue weighted by atomic mass is 9.94. The van der Waals surface area contributed by atoms with Crippen LogP contribution in [0.2, 0.25) is 0 Å². The van der Waals surface area contributed by atoms with Crippen LogP contribution in [0.1, 0.15) is 29.0 Å². The van der Waals surface area contributed by atoms with Gasteiger partial charge in [-0.3, -0.25) is 4.90 Å². The first-order valence-electron chi connectivity index (χ1n) is 7.34. The molecule has 0 aromatic heterocycles. The minimum absolute atomic E-state index is 0. The summed E-state index contributed by atoms with van der Waals surface area (Å²) in [5, 5.41) is 0. The van der Waals surface area contributed by atoms with Crippen molar-refractivity contribution in [3.63, 3.8) is 0 Å². The molecule has 0 aliphatic carbocycles. The Kier molecular flexibility index (Phi) is 5.27. The molecule has 1 saturated heterocycles. The van der Waals surface area contributed by atoms with Crippen LogP contribution in [0.3, 0.4) is 0 Å². The van der Waals surface area contributed by atoms with Gasteiger partial charge in [0, 0.05) is 18.8 Å². The molecule has 1 atom stereocenters. The Morgan fingerprint density at radius 1 is 1.14 bits per heavy atom. The zero-order valence-electron chi connectivity index (χ0n) is 12.5.